The van der Waals surface area contributed by atoms with Crippen LogP contribution in [-0.4, -0.2) is 49.1 Å². The van der Waals surface area contributed by atoms with Crippen molar-refractivity contribution in [1.82, 2.24) is 10.2 Å². The highest BCUT2D eigenvalue weighted by Crippen LogP contribution is 2.27. The van der Waals surface area contributed by atoms with Crippen LogP contribution in [0.25, 0.3) is 0 Å². The summed E-state index contributed by atoms with van der Waals surface area (Å²) >= 11 is 1.25. The van der Waals surface area contributed by atoms with Crippen molar-refractivity contribution in [1.29, 1.82) is 0 Å². The van der Waals surface area contributed by atoms with E-state index in [0.717, 1.165) is 25.9 Å². The lowest BCUT2D eigenvalue weighted by molar-refractivity contribution is -0.127. The van der Waals surface area contributed by atoms with Crippen LogP contribution in [-0.2, 0) is 4.79 Å². The Bertz CT molecular complexity index is 871. The molecule has 1 heterocycles. The number of nitrogens with one attached hydrogen (secondary N) is 1. The molecule has 5 nitrogen and oxygen atoms in total. The normalized spacial score (nSPS) is 14.6. The Morgan fingerprint density at radius 3 is 2.40 bits per heavy atom. The number of hydrogen-bond donors (Lipinski definition) is 1. The van der Waals surface area contributed by atoms with E-state index in [1.807, 2.05) is 4.90 Å². The summed E-state index contributed by atoms with van der Waals surface area (Å²) in [4.78, 5) is 27.5. The molecule has 1 aliphatic heterocycles. The molecular formula is C22H24F2N2O3S. The third-order valence-electron chi connectivity index (χ3n) is 4.96. The molecule has 8 heteroatoms. The number of likely N-dealkylation sites (tertiary alicyclic amines) is 1. The van der Waals surface area contributed by atoms with Crippen molar-refractivity contribution >= 4 is 23.6 Å². The molecule has 1 saturated heterocycles. The van der Waals surface area contributed by atoms with Crippen molar-refractivity contribution in [2.45, 2.75) is 30.2 Å². The monoisotopic (exact) mass is 434 g/mol. The topological polar surface area (TPSA) is 58.6 Å². The molecule has 1 aliphatic rings. The summed E-state index contributed by atoms with van der Waals surface area (Å²) in [6.07, 6.45) is -0.759. The first-order valence-corrected chi connectivity index (χ1v) is 10.7. The highest BCUT2D eigenvalue weighted by atomic mass is 32.2. The van der Waals surface area contributed by atoms with E-state index in [1.54, 1.807) is 36.4 Å². The van der Waals surface area contributed by atoms with Gasteiger partial charge in [-0.1, -0.05) is 24.3 Å². The zero-order valence-electron chi connectivity index (χ0n) is 16.6. The largest absolute Gasteiger partial charge is 0.497 e. The predicted molar refractivity (Wildman–Crippen MR) is 112 cm³/mol. The predicted octanol–water partition coefficient (Wildman–Crippen LogP) is 4.15. The van der Waals surface area contributed by atoms with Crippen LogP contribution in [0.4, 0.5) is 8.78 Å². The number of carbonyl (C=O) groups is 2. The lowest BCUT2D eigenvalue weighted by atomic mass is 10.1. The molecule has 2 aromatic rings. The van der Waals surface area contributed by atoms with E-state index in [1.165, 1.54) is 31.0 Å². The number of nitrogens with zero attached hydrogens (tertiary/aromatic N) is 1. The third kappa shape index (κ3) is 5.50. The van der Waals surface area contributed by atoms with Crippen molar-refractivity contribution in [2.24, 2.45) is 0 Å². The van der Waals surface area contributed by atoms with Crippen LogP contribution in [0.1, 0.15) is 34.8 Å². The van der Waals surface area contributed by atoms with Gasteiger partial charge in [0.15, 0.2) is 0 Å². The van der Waals surface area contributed by atoms with E-state index in [9.17, 15) is 18.4 Å². The molecule has 0 aromatic heterocycles. The van der Waals surface area contributed by atoms with Gasteiger partial charge in [-0.05, 0) is 42.7 Å². The van der Waals surface area contributed by atoms with Crippen LogP contribution < -0.4 is 10.1 Å². The summed E-state index contributed by atoms with van der Waals surface area (Å²) in [6.45, 7) is 1.53. The lowest BCUT2D eigenvalue weighted by Crippen LogP contribution is -2.33. The summed E-state index contributed by atoms with van der Waals surface area (Å²) in [6, 6.07) is 11.4. The number of hydrogen-bond acceptors (Lipinski definition) is 4. The maximum Gasteiger partial charge on any atom is 0.262 e. The summed E-state index contributed by atoms with van der Waals surface area (Å²) < 4.78 is 32.4. The molecule has 1 fully saturated rings. The average Bonchev–Trinajstić information content (AvgIpc) is 3.31. The number of carbonyl (C=O) groups excluding carboxylic acids is 2. The van der Waals surface area contributed by atoms with Crippen LogP contribution in [0.5, 0.6) is 5.75 Å². The van der Waals surface area contributed by atoms with Crippen LogP contribution >= 0.6 is 11.8 Å². The molecule has 0 radical (unpaired) electrons. The highest BCUT2D eigenvalue weighted by molar-refractivity contribution is 8.00. The van der Waals surface area contributed by atoms with Crippen molar-refractivity contribution < 1.29 is 23.1 Å². The minimum absolute atomic E-state index is 0.0244. The molecule has 30 heavy (non-hydrogen) atoms. The van der Waals surface area contributed by atoms with Crippen LogP contribution in [0.2, 0.25) is 0 Å². The first kappa shape index (κ1) is 22.1. The summed E-state index contributed by atoms with van der Waals surface area (Å²) in [5.74, 6) is 0.174. The molecule has 0 aliphatic carbocycles. The van der Waals surface area contributed by atoms with Crippen molar-refractivity contribution in [3.05, 3.63) is 59.7 Å². The van der Waals surface area contributed by atoms with Gasteiger partial charge in [0, 0.05) is 18.0 Å². The van der Waals surface area contributed by atoms with E-state index in [4.69, 9.17) is 4.74 Å². The maximum absolute atomic E-state index is 13.7. The molecule has 160 valence electrons. The number of methoxy groups -OCH3 is 1. The van der Waals surface area contributed by atoms with Crippen LogP contribution in [0.15, 0.2) is 53.4 Å². The zero-order chi connectivity index (χ0) is 21.5. The smallest absolute Gasteiger partial charge is 0.262 e. The number of halogens is 2. The number of thioether (sulfide) groups is 1. The quantitative estimate of drug-likeness (QED) is 0.635. The molecule has 1 N–H and O–H groups in total. The van der Waals surface area contributed by atoms with E-state index in [2.05, 4.69) is 5.32 Å². The number of benzene rings is 2. The second-order valence-corrected chi connectivity index (χ2v) is 7.95. The summed E-state index contributed by atoms with van der Waals surface area (Å²) in [5.41, 5.74) is 0.560. The Morgan fingerprint density at radius 2 is 1.77 bits per heavy atom. The fourth-order valence-electron chi connectivity index (χ4n) is 3.30. The maximum atomic E-state index is 13.7. The molecule has 0 saturated carbocycles. The lowest BCUT2D eigenvalue weighted by Gasteiger charge is -2.20. The fraction of sp³-hybridized carbons (Fsp3) is 0.364. The van der Waals surface area contributed by atoms with Gasteiger partial charge in [-0.15, -0.1) is 11.8 Å². The zero-order valence-corrected chi connectivity index (χ0v) is 17.5. The van der Waals surface area contributed by atoms with Gasteiger partial charge in [0.1, 0.15) is 11.8 Å². The van der Waals surface area contributed by atoms with Gasteiger partial charge in [-0.2, -0.15) is 0 Å². The highest BCUT2D eigenvalue weighted by Gasteiger charge is 2.26. The van der Waals surface area contributed by atoms with Gasteiger partial charge in [-0.25, -0.2) is 8.78 Å². The van der Waals surface area contributed by atoms with Crippen molar-refractivity contribution in [3.63, 3.8) is 0 Å². The second-order valence-electron chi connectivity index (χ2n) is 6.93. The minimum atomic E-state index is -2.78. The molecule has 1 atom stereocenters. The van der Waals surface area contributed by atoms with E-state index in [-0.39, 0.29) is 22.8 Å². The van der Waals surface area contributed by atoms with Crippen molar-refractivity contribution in [3.8, 4) is 5.75 Å². The summed E-state index contributed by atoms with van der Waals surface area (Å²) in [5, 5.41) is 2.43. The minimum Gasteiger partial charge on any atom is -0.497 e. The third-order valence-corrected chi connectivity index (χ3v) is 6.01. The Labute approximate surface area is 178 Å². The van der Waals surface area contributed by atoms with Gasteiger partial charge < -0.3 is 15.0 Å². The first-order chi connectivity index (χ1) is 14.5. The number of alkyl halides is 2. The van der Waals surface area contributed by atoms with Crippen LogP contribution in [0.3, 0.4) is 0 Å². The number of rotatable bonds is 8. The number of amides is 2. The van der Waals surface area contributed by atoms with E-state index in [0.29, 0.717) is 10.6 Å². The first-order valence-electron chi connectivity index (χ1n) is 9.72. The molecule has 0 bridgehead atoms. The Hall–Kier alpha value is -2.61. The Kier molecular flexibility index (Phi) is 7.68. The van der Waals surface area contributed by atoms with Crippen molar-refractivity contribution in [2.75, 3.05) is 26.0 Å². The molecule has 0 spiro atoms. The second kappa shape index (κ2) is 10.4. The summed E-state index contributed by atoms with van der Waals surface area (Å²) in [7, 11) is 1.49. The Balaban J connectivity index is 1.70. The fourth-order valence-corrected chi connectivity index (χ4v) is 4.25. The molecule has 3 rings (SSSR count). The van der Waals surface area contributed by atoms with Crippen LogP contribution in [0, 0.1) is 0 Å². The SMILES string of the molecule is COc1ccc([C@H](NC(=O)c2ccccc2SCC(=O)N2CCCC2)C(F)F)cc1. The molecule has 2 amide bonds. The van der Waals surface area contributed by atoms with Gasteiger partial charge in [-0.3, -0.25) is 9.59 Å². The molecule has 0 unspecified atom stereocenters. The number of ether oxygens (including phenoxy) is 1. The van der Waals surface area contributed by atoms with Gasteiger partial charge in [0.05, 0.1) is 18.4 Å². The molecule has 2 aromatic carbocycles. The molecular weight excluding hydrogens is 410 g/mol. The van der Waals surface area contributed by atoms with Gasteiger partial charge >= 0.3 is 0 Å². The van der Waals surface area contributed by atoms with E-state index >= 15 is 0 Å². The van der Waals surface area contributed by atoms with E-state index < -0.39 is 18.4 Å². The average molecular weight is 435 g/mol. The van der Waals surface area contributed by atoms with Gasteiger partial charge in [0.25, 0.3) is 12.3 Å². The standard InChI is InChI=1S/C22H24F2N2O3S/c1-29-16-10-8-15(9-11-16)20(21(23)24)25-22(28)17-6-2-3-7-18(17)30-14-19(27)26-12-4-5-13-26/h2-3,6-11,20-21H,4-5,12-14H2,1H3,(H,25,28)/t20-/m0/s1. The van der Waals surface area contributed by atoms with Gasteiger partial charge in [0.2, 0.25) is 5.91 Å². The Morgan fingerprint density at radius 1 is 1.10 bits per heavy atom.